The number of nitrogens with zero attached hydrogens (tertiary/aromatic N) is 3. The third kappa shape index (κ3) is 4.29. The van der Waals surface area contributed by atoms with E-state index in [-0.39, 0.29) is 42.0 Å². The van der Waals surface area contributed by atoms with Gasteiger partial charge in [-0.3, -0.25) is 0 Å². The van der Waals surface area contributed by atoms with Crippen LogP contribution in [0.15, 0.2) is 24.3 Å². The van der Waals surface area contributed by atoms with Crippen molar-refractivity contribution in [1.29, 1.82) is 5.26 Å². The van der Waals surface area contributed by atoms with Gasteiger partial charge >= 0.3 is 7.12 Å². The van der Waals surface area contributed by atoms with Crippen LogP contribution < -0.4 is 14.9 Å². The molecule has 0 saturated heterocycles. The lowest BCUT2D eigenvalue weighted by molar-refractivity contribution is -0.117. The molecule has 0 bridgehead atoms. The monoisotopic (exact) mass is 377 g/mol. The van der Waals surface area contributed by atoms with Gasteiger partial charge in [0.25, 0.3) is 0 Å². The standard InChI is InChI=1S/C19H16BN3O5/c1-12(24)4-3-7-26-19-17(22-2)9-13(10-21)18(23-19)28-15-5-6-16-14(8-15)11-27-20(16)25/h5-6,8-9,25H,3-4,7,11H2,1H3. The molecule has 140 valence electrons. The van der Waals surface area contributed by atoms with Crippen LogP contribution in [0.2, 0.25) is 0 Å². The summed E-state index contributed by atoms with van der Waals surface area (Å²) in [6, 6.07) is 8.34. The van der Waals surface area contributed by atoms with E-state index in [1.54, 1.807) is 18.2 Å². The summed E-state index contributed by atoms with van der Waals surface area (Å²) in [4.78, 5) is 18.5. The Hall–Kier alpha value is -3.40. The normalized spacial score (nSPS) is 12.1. The fourth-order valence-electron chi connectivity index (χ4n) is 2.69. The van der Waals surface area contributed by atoms with Crippen molar-refractivity contribution < 1.29 is 23.9 Å². The highest BCUT2D eigenvalue weighted by molar-refractivity contribution is 6.61. The van der Waals surface area contributed by atoms with Crippen molar-refractivity contribution >= 4 is 24.1 Å². The van der Waals surface area contributed by atoms with Crippen molar-refractivity contribution in [3.8, 4) is 23.6 Å². The second kappa shape index (κ2) is 8.53. The average molecular weight is 377 g/mol. The summed E-state index contributed by atoms with van der Waals surface area (Å²) in [5.41, 5.74) is 1.64. The summed E-state index contributed by atoms with van der Waals surface area (Å²) in [5.74, 6) is 0.526. The molecule has 8 nitrogen and oxygen atoms in total. The van der Waals surface area contributed by atoms with Crippen LogP contribution in [0.25, 0.3) is 4.85 Å². The maximum atomic E-state index is 11.0. The van der Waals surface area contributed by atoms with Gasteiger partial charge in [0.2, 0.25) is 17.4 Å². The number of benzene rings is 1. The smallest absolute Gasteiger partial charge is 0.486 e. The third-order valence-electron chi connectivity index (χ3n) is 4.08. The van der Waals surface area contributed by atoms with Crippen LogP contribution in [-0.2, 0) is 16.1 Å². The minimum Gasteiger partial charge on any atom is -0.486 e. The van der Waals surface area contributed by atoms with Gasteiger partial charge in [-0.15, -0.1) is 0 Å². The Morgan fingerprint density at radius 2 is 2.29 bits per heavy atom. The zero-order valence-electron chi connectivity index (χ0n) is 15.1. The fourth-order valence-corrected chi connectivity index (χ4v) is 2.69. The molecule has 9 heteroatoms. The number of fused-ring (bicyclic) bond motifs is 1. The highest BCUT2D eigenvalue weighted by atomic mass is 16.5. The topological polar surface area (TPSA) is 106 Å². The molecule has 1 aromatic carbocycles. The molecule has 0 unspecified atom stereocenters. The van der Waals surface area contributed by atoms with Crippen molar-refractivity contribution in [3.05, 3.63) is 46.8 Å². The predicted octanol–water partition coefficient (Wildman–Crippen LogP) is 2.26. The molecule has 1 aliphatic heterocycles. The van der Waals surface area contributed by atoms with Crippen molar-refractivity contribution in [3.63, 3.8) is 0 Å². The van der Waals surface area contributed by atoms with E-state index >= 15 is 0 Å². The lowest BCUT2D eigenvalue weighted by atomic mass is 9.80. The molecule has 0 aliphatic carbocycles. The van der Waals surface area contributed by atoms with Gasteiger partial charge in [-0.25, -0.2) is 4.85 Å². The predicted molar refractivity (Wildman–Crippen MR) is 99.5 cm³/mol. The Balaban J connectivity index is 1.83. The fraction of sp³-hybridized carbons (Fsp3) is 0.263. The van der Waals surface area contributed by atoms with Crippen LogP contribution in [0.1, 0.15) is 30.9 Å². The SMILES string of the molecule is [C-]#[N+]c1cc(C#N)c(Oc2ccc3c(c2)COB3O)nc1OCCCC(C)=O. The largest absolute Gasteiger partial charge is 0.491 e. The van der Waals surface area contributed by atoms with Crippen LogP contribution >= 0.6 is 0 Å². The average Bonchev–Trinajstić information content (AvgIpc) is 3.05. The Morgan fingerprint density at radius 3 is 3.00 bits per heavy atom. The Kier molecular flexibility index (Phi) is 5.90. The van der Waals surface area contributed by atoms with Gasteiger partial charge in [-0.05, 0) is 42.6 Å². The van der Waals surface area contributed by atoms with Gasteiger partial charge in [0, 0.05) is 6.42 Å². The molecule has 0 radical (unpaired) electrons. The van der Waals surface area contributed by atoms with Gasteiger partial charge in [-0.2, -0.15) is 10.2 Å². The molecule has 0 atom stereocenters. The van der Waals surface area contributed by atoms with Gasteiger partial charge in [-0.1, -0.05) is 6.07 Å². The van der Waals surface area contributed by atoms with Crippen molar-refractivity contribution in [2.24, 2.45) is 0 Å². The zero-order chi connectivity index (χ0) is 20.1. The van der Waals surface area contributed by atoms with E-state index in [1.165, 1.54) is 13.0 Å². The number of hydrogen-bond acceptors (Lipinski definition) is 7. The van der Waals surface area contributed by atoms with E-state index in [4.69, 9.17) is 20.7 Å². The van der Waals surface area contributed by atoms with Gasteiger partial charge < -0.3 is 23.9 Å². The molecule has 0 spiro atoms. The Morgan fingerprint density at radius 1 is 1.46 bits per heavy atom. The number of hydrogen-bond donors (Lipinski definition) is 1. The van der Waals surface area contributed by atoms with E-state index in [0.29, 0.717) is 24.1 Å². The van der Waals surface area contributed by atoms with Crippen LogP contribution in [0.5, 0.6) is 17.5 Å². The van der Waals surface area contributed by atoms with Gasteiger partial charge in [0.1, 0.15) is 23.2 Å². The summed E-state index contributed by atoms with van der Waals surface area (Å²) in [5, 5.41) is 19.1. The number of pyridine rings is 1. The molecule has 1 aliphatic rings. The van der Waals surface area contributed by atoms with Crippen LogP contribution in [0.4, 0.5) is 5.69 Å². The zero-order valence-corrected chi connectivity index (χ0v) is 15.1. The lowest BCUT2D eigenvalue weighted by Crippen LogP contribution is -2.27. The van der Waals surface area contributed by atoms with E-state index in [1.807, 2.05) is 6.07 Å². The number of ether oxygens (including phenoxy) is 2. The van der Waals surface area contributed by atoms with Crippen molar-refractivity contribution in [2.45, 2.75) is 26.4 Å². The van der Waals surface area contributed by atoms with Crippen molar-refractivity contribution in [1.82, 2.24) is 4.98 Å². The first-order chi connectivity index (χ1) is 13.5. The summed E-state index contributed by atoms with van der Waals surface area (Å²) < 4.78 is 16.4. The molecule has 1 aromatic heterocycles. The number of carbonyl (C=O) groups is 1. The summed E-state index contributed by atoms with van der Waals surface area (Å²) in [6.07, 6.45) is 0.869. The van der Waals surface area contributed by atoms with E-state index in [0.717, 1.165) is 5.56 Å². The minimum absolute atomic E-state index is 0.0101. The van der Waals surface area contributed by atoms with E-state index in [2.05, 4.69) is 9.83 Å². The summed E-state index contributed by atoms with van der Waals surface area (Å²) in [7, 11) is -0.954. The molecular formula is C19H16BN3O5. The second-order valence-corrected chi connectivity index (χ2v) is 6.17. The molecule has 2 aromatic rings. The number of carbonyl (C=O) groups excluding carboxylic acids is 1. The highest BCUT2D eigenvalue weighted by Crippen LogP contribution is 2.34. The number of aromatic nitrogens is 1. The summed E-state index contributed by atoms with van der Waals surface area (Å²) in [6.45, 7) is 9.23. The molecule has 0 saturated carbocycles. The van der Waals surface area contributed by atoms with E-state index < -0.39 is 7.12 Å². The molecule has 0 amide bonds. The van der Waals surface area contributed by atoms with Gasteiger partial charge in [0.05, 0.1) is 19.8 Å². The van der Waals surface area contributed by atoms with Crippen molar-refractivity contribution in [2.75, 3.05) is 6.61 Å². The number of rotatable bonds is 7. The lowest BCUT2D eigenvalue weighted by Gasteiger charge is -2.12. The van der Waals surface area contributed by atoms with Crippen LogP contribution in [0.3, 0.4) is 0 Å². The molecule has 2 heterocycles. The Labute approximate surface area is 162 Å². The van der Waals surface area contributed by atoms with Crippen LogP contribution in [0, 0.1) is 17.9 Å². The maximum Gasteiger partial charge on any atom is 0.491 e. The first-order valence-electron chi connectivity index (χ1n) is 8.57. The quantitative estimate of drug-likeness (QED) is 0.448. The summed E-state index contributed by atoms with van der Waals surface area (Å²) >= 11 is 0. The number of Topliss-reactive ketones (excluding diaryl/α,β-unsaturated/α-hetero) is 1. The molecule has 0 fully saturated rings. The molecule has 1 N–H and O–H groups in total. The minimum atomic E-state index is -0.954. The molecule has 3 rings (SSSR count). The van der Waals surface area contributed by atoms with Gasteiger partial charge in [0.15, 0.2) is 0 Å². The first kappa shape index (κ1) is 19.4. The third-order valence-corrected chi connectivity index (χ3v) is 4.08. The first-order valence-corrected chi connectivity index (χ1v) is 8.57. The second-order valence-electron chi connectivity index (χ2n) is 6.17. The molecule has 28 heavy (non-hydrogen) atoms. The van der Waals surface area contributed by atoms with Crippen LogP contribution in [-0.4, -0.2) is 29.5 Å². The number of nitriles is 1. The van der Waals surface area contributed by atoms with E-state index in [9.17, 15) is 15.1 Å². The Bertz CT molecular complexity index is 996. The highest BCUT2D eigenvalue weighted by Gasteiger charge is 2.27. The molecular weight excluding hydrogens is 361 g/mol. The number of ketones is 1. The maximum absolute atomic E-state index is 11.0.